The molecule has 1 aliphatic carbocycles. The molecule has 0 saturated carbocycles. The van der Waals surface area contributed by atoms with E-state index in [9.17, 15) is 0 Å². The van der Waals surface area contributed by atoms with Crippen molar-refractivity contribution in [3.05, 3.63) is 24.3 Å². The van der Waals surface area contributed by atoms with E-state index in [1.165, 1.54) is 0 Å². The van der Waals surface area contributed by atoms with Crippen molar-refractivity contribution in [3.8, 4) is 0 Å². The summed E-state index contributed by atoms with van der Waals surface area (Å²) >= 11 is 0. The molecule has 0 aromatic heterocycles. The minimum atomic E-state index is 0.560. The third-order valence-corrected chi connectivity index (χ3v) is 0.855. The van der Waals surface area contributed by atoms with E-state index in [1.807, 2.05) is 12.2 Å². The highest BCUT2D eigenvalue weighted by Gasteiger charge is 1.90. The van der Waals surface area contributed by atoms with E-state index in [1.54, 1.807) is 0 Å². The fraction of sp³-hybridized carbons (Fsp3) is 0.333. The summed E-state index contributed by atoms with van der Waals surface area (Å²) in [5, 5.41) is 0. The van der Waals surface area contributed by atoms with Crippen LogP contribution in [0.15, 0.2) is 18.2 Å². The molecule has 0 heterocycles. The molecule has 6 heavy (non-hydrogen) atoms. The Balaban J connectivity index is 2.60. The summed E-state index contributed by atoms with van der Waals surface area (Å²) < 4.78 is 0. The summed E-state index contributed by atoms with van der Waals surface area (Å²) in [6.07, 6.45) is 9.16. The molecular formula is C6H7. The monoisotopic (exact) mass is 79.1 g/mol. The van der Waals surface area contributed by atoms with Gasteiger partial charge in [-0.05, 0) is 12.0 Å². The van der Waals surface area contributed by atoms with Crippen molar-refractivity contribution in [2.45, 2.75) is 6.92 Å². The molecule has 0 aliphatic heterocycles. The summed E-state index contributed by atoms with van der Waals surface area (Å²) in [6.45, 7) is 2.11. The zero-order chi connectivity index (χ0) is 4.41. The Kier molecular flexibility index (Phi) is 0.789. The maximum absolute atomic E-state index is 3.08. The van der Waals surface area contributed by atoms with Crippen LogP contribution in [0.4, 0.5) is 0 Å². The van der Waals surface area contributed by atoms with Crippen molar-refractivity contribution in [2.24, 2.45) is 5.92 Å². The maximum Gasteiger partial charge on any atom is -0.000437 e. The van der Waals surface area contributed by atoms with Gasteiger partial charge < -0.3 is 0 Å². The van der Waals surface area contributed by atoms with Crippen LogP contribution in [-0.4, -0.2) is 0 Å². The lowest BCUT2D eigenvalue weighted by Gasteiger charge is -1.82. The van der Waals surface area contributed by atoms with Crippen LogP contribution >= 0.6 is 0 Å². The summed E-state index contributed by atoms with van der Waals surface area (Å²) in [5.41, 5.74) is 0. The molecule has 0 N–H and O–H groups in total. The van der Waals surface area contributed by atoms with Gasteiger partial charge in [-0.25, -0.2) is 0 Å². The van der Waals surface area contributed by atoms with Crippen molar-refractivity contribution < 1.29 is 0 Å². The zero-order valence-corrected chi connectivity index (χ0v) is 3.81. The third-order valence-electron chi connectivity index (χ3n) is 0.855. The first-order chi connectivity index (χ1) is 2.89. The molecule has 0 spiro atoms. The fourth-order valence-electron chi connectivity index (χ4n) is 0.485. The Morgan fingerprint density at radius 3 is 2.67 bits per heavy atom. The molecule has 0 aromatic carbocycles. The molecule has 0 heteroatoms. The molecule has 31 valence electrons. The van der Waals surface area contributed by atoms with Crippen molar-refractivity contribution in [1.29, 1.82) is 0 Å². The second-order valence-corrected chi connectivity index (χ2v) is 1.51. The largest absolute Gasteiger partial charge is 0.0773 e. The SMILES string of the molecule is CC1[C]=CC=C1. The van der Waals surface area contributed by atoms with E-state index >= 15 is 0 Å². The van der Waals surface area contributed by atoms with Gasteiger partial charge in [-0.2, -0.15) is 0 Å². The smallest absolute Gasteiger partial charge is 0.000437 e. The van der Waals surface area contributed by atoms with Gasteiger partial charge in [0.2, 0.25) is 0 Å². The Hall–Kier alpha value is -0.520. The second kappa shape index (κ2) is 1.29. The van der Waals surface area contributed by atoms with Gasteiger partial charge in [0.15, 0.2) is 0 Å². The lowest BCUT2D eigenvalue weighted by molar-refractivity contribution is 0.930. The maximum atomic E-state index is 3.08. The van der Waals surface area contributed by atoms with Gasteiger partial charge in [0.1, 0.15) is 0 Å². The van der Waals surface area contributed by atoms with Crippen molar-refractivity contribution in [1.82, 2.24) is 0 Å². The standard InChI is InChI=1S/C6H7/c1-6-4-2-3-5-6/h2-4,6H,1H3. The summed E-state index contributed by atoms with van der Waals surface area (Å²) in [5.74, 6) is 0.560. The van der Waals surface area contributed by atoms with Gasteiger partial charge in [0.05, 0.1) is 0 Å². The Bertz CT molecular complexity index is 76.2. The fourth-order valence-corrected chi connectivity index (χ4v) is 0.485. The predicted octanol–water partition coefficient (Wildman–Crippen LogP) is 1.55. The molecular weight excluding hydrogens is 72.1 g/mol. The van der Waals surface area contributed by atoms with E-state index in [4.69, 9.17) is 0 Å². The second-order valence-electron chi connectivity index (χ2n) is 1.51. The van der Waals surface area contributed by atoms with Gasteiger partial charge in [-0.15, -0.1) is 0 Å². The lowest BCUT2D eigenvalue weighted by atomic mass is 10.2. The van der Waals surface area contributed by atoms with Crippen LogP contribution in [0.1, 0.15) is 6.92 Å². The molecule has 0 amide bonds. The topological polar surface area (TPSA) is 0 Å². The van der Waals surface area contributed by atoms with Crippen LogP contribution in [0.25, 0.3) is 0 Å². The minimum Gasteiger partial charge on any atom is -0.0773 e. The molecule has 1 rings (SSSR count). The van der Waals surface area contributed by atoms with Crippen molar-refractivity contribution in [2.75, 3.05) is 0 Å². The highest BCUT2D eigenvalue weighted by Crippen LogP contribution is 2.03. The predicted molar refractivity (Wildman–Crippen MR) is 26.1 cm³/mol. The van der Waals surface area contributed by atoms with Crippen molar-refractivity contribution in [3.63, 3.8) is 0 Å². The van der Waals surface area contributed by atoms with Crippen LogP contribution in [0.5, 0.6) is 0 Å². The number of allylic oxidation sites excluding steroid dienone is 4. The van der Waals surface area contributed by atoms with Crippen LogP contribution in [0.3, 0.4) is 0 Å². The van der Waals surface area contributed by atoms with E-state index in [0.717, 1.165) is 0 Å². The van der Waals surface area contributed by atoms with Crippen LogP contribution in [0, 0.1) is 12.0 Å². The quantitative estimate of drug-likeness (QED) is 0.413. The molecule has 0 nitrogen and oxygen atoms in total. The third kappa shape index (κ3) is 0.510. The molecule has 1 atom stereocenters. The lowest BCUT2D eigenvalue weighted by Crippen LogP contribution is -1.73. The van der Waals surface area contributed by atoms with Gasteiger partial charge in [-0.3, -0.25) is 0 Å². The number of hydrogen-bond acceptors (Lipinski definition) is 0. The molecule has 1 unspecified atom stereocenters. The van der Waals surface area contributed by atoms with Gasteiger partial charge in [-0.1, -0.05) is 25.2 Å². The molecule has 0 saturated heterocycles. The van der Waals surface area contributed by atoms with Gasteiger partial charge in [0.25, 0.3) is 0 Å². The summed E-state index contributed by atoms with van der Waals surface area (Å²) in [4.78, 5) is 0. The molecule has 0 bridgehead atoms. The molecule has 0 fully saturated rings. The Morgan fingerprint density at radius 1 is 1.67 bits per heavy atom. The number of rotatable bonds is 0. The first-order valence-electron chi connectivity index (χ1n) is 2.15. The molecule has 1 radical (unpaired) electrons. The van der Waals surface area contributed by atoms with Crippen LogP contribution in [0.2, 0.25) is 0 Å². The average molecular weight is 79.1 g/mol. The first-order valence-corrected chi connectivity index (χ1v) is 2.15. The van der Waals surface area contributed by atoms with Crippen LogP contribution in [-0.2, 0) is 0 Å². The summed E-state index contributed by atoms with van der Waals surface area (Å²) in [6, 6.07) is 0. The van der Waals surface area contributed by atoms with Gasteiger partial charge >= 0.3 is 0 Å². The van der Waals surface area contributed by atoms with E-state index in [0.29, 0.717) is 5.92 Å². The minimum absolute atomic E-state index is 0.560. The Morgan fingerprint density at radius 2 is 2.50 bits per heavy atom. The highest BCUT2D eigenvalue weighted by molar-refractivity contribution is 5.11. The first kappa shape index (κ1) is 3.66. The van der Waals surface area contributed by atoms with Crippen LogP contribution < -0.4 is 0 Å². The average Bonchev–Trinajstić information content (AvgIpc) is 1.86. The van der Waals surface area contributed by atoms with E-state index in [2.05, 4.69) is 19.1 Å². The number of hydrogen-bond donors (Lipinski definition) is 0. The molecule has 1 aliphatic rings. The van der Waals surface area contributed by atoms with Crippen molar-refractivity contribution >= 4 is 0 Å². The summed E-state index contributed by atoms with van der Waals surface area (Å²) in [7, 11) is 0. The van der Waals surface area contributed by atoms with Gasteiger partial charge in [0, 0.05) is 0 Å². The Labute approximate surface area is 38.2 Å². The highest BCUT2D eigenvalue weighted by atomic mass is 14.0. The molecule has 0 aromatic rings. The zero-order valence-electron chi connectivity index (χ0n) is 3.81. The van der Waals surface area contributed by atoms with E-state index in [-0.39, 0.29) is 0 Å². The van der Waals surface area contributed by atoms with E-state index < -0.39 is 0 Å². The normalized spacial score (nSPS) is 20.2.